The number of hydrogen-bond acceptors (Lipinski definition) is 3. The van der Waals surface area contributed by atoms with Gasteiger partial charge >= 0.3 is 0 Å². The predicted molar refractivity (Wildman–Crippen MR) is 93.0 cm³/mol. The van der Waals surface area contributed by atoms with Gasteiger partial charge in [-0.25, -0.2) is 0 Å². The normalized spacial score (nSPS) is 29.5. The molecule has 2 aromatic carbocycles. The van der Waals surface area contributed by atoms with Crippen LogP contribution in [0.15, 0.2) is 48.5 Å². The zero-order valence-corrected chi connectivity index (χ0v) is 13.7. The molecule has 3 aliphatic rings. The van der Waals surface area contributed by atoms with Crippen molar-refractivity contribution in [3.05, 3.63) is 65.2 Å². The van der Waals surface area contributed by atoms with E-state index >= 15 is 0 Å². The number of aliphatic hydroxyl groups excluding tert-OH is 1. The summed E-state index contributed by atoms with van der Waals surface area (Å²) >= 11 is 0. The van der Waals surface area contributed by atoms with Crippen molar-refractivity contribution in [3.8, 4) is 5.75 Å². The number of hydrogen-bond donors (Lipinski definition) is 2. The maximum absolute atomic E-state index is 10.6. The summed E-state index contributed by atoms with van der Waals surface area (Å²) in [4.78, 5) is 0. The summed E-state index contributed by atoms with van der Waals surface area (Å²) < 4.78 is 6.34. The van der Waals surface area contributed by atoms with Crippen LogP contribution in [0, 0.1) is 0 Å². The molecule has 1 saturated carbocycles. The minimum atomic E-state index is -0.352. The highest BCUT2D eigenvalue weighted by Crippen LogP contribution is 2.49. The molecule has 24 heavy (non-hydrogen) atoms. The Bertz CT molecular complexity index is 768. The van der Waals surface area contributed by atoms with Crippen molar-refractivity contribution in [2.45, 2.75) is 55.9 Å². The average Bonchev–Trinajstić information content (AvgIpc) is 2.89. The molecule has 124 valence electrons. The zero-order valence-electron chi connectivity index (χ0n) is 13.7. The van der Waals surface area contributed by atoms with E-state index in [1.165, 1.54) is 23.1 Å². The fourth-order valence-electron chi connectivity index (χ4n) is 4.64. The number of fused-ring (bicyclic) bond motifs is 2. The molecule has 2 aromatic rings. The Morgan fingerprint density at radius 2 is 1.75 bits per heavy atom. The lowest BCUT2D eigenvalue weighted by Gasteiger charge is -2.48. The molecule has 2 N–H and O–H groups in total. The first kappa shape index (κ1) is 14.5. The van der Waals surface area contributed by atoms with Gasteiger partial charge in [0.05, 0.1) is 12.1 Å². The molecule has 0 amide bonds. The highest BCUT2D eigenvalue weighted by atomic mass is 16.5. The van der Waals surface area contributed by atoms with Crippen LogP contribution in [0.1, 0.15) is 54.5 Å². The van der Waals surface area contributed by atoms with Crippen molar-refractivity contribution in [2.75, 3.05) is 0 Å². The van der Waals surface area contributed by atoms with E-state index in [-0.39, 0.29) is 23.8 Å². The third-order valence-corrected chi connectivity index (χ3v) is 6.05. The monoisotopic (exact) mass is 321 g/mol. The van der Waals surface area contributed by atoms with E-state index in [1.54, 1.807) is 0 Å². The quantitative estimate of drug-likeness (QED) is 0.886. The van der Waals surface area contributed by atoms with E-state index < -0.39 is 0 Å². The minimum Gasteiger partial charge on any atom is -0.487 e. The van der Waals surface area contributed by atoms with Gasteiger partial charge in [-0.05, 0) is 36.5 Å². The van der Waals surface area contributed by atoms with Crippen LogP contribution in [-0.2, 0) is 6.42 Å². The second kappa shape index (κ2) is 5.33. The van der Waals surface area contributed by atoms with E-state index in [0.717, 1.165) is 31.4 Å². The van der Waals surface area contributed by atoms with Crippen LogP contribution in [0.25, 0.3) is 0 Å². The van der Waals surface area contributed by atoms with Gasteiger partial charge in [0.15, 0.2) is 0 Å². The van der Waals surface area contributed by atoms with Crippen LogP contribution in [0.5, 0.6) is 5.75 Å². The van der Waals surface area contributed by atoms with Crippen LogP contribution in [-0.4, -0.2) is 16.8 Å². The largest absolute Gasteiger partial charge is 0.487 e. The number of ether oxygens (including phenoxy) is 1. The van der Waals surface area contributed by atoms with Crippen LogP contribution < -0.4 is 10.1 Å². The Morgan fingerprint density at radius 1 is 1.00 bits per heavy atom. The Hall–Kier alpha value is -1.84. The maximum atomic E-state index is 10.6. The van der Waals surface area contributed by atoms with E-state index in [4.69, 9.17) is 4.74 Å². The molecule has 3 nitrogen and oxygen atoms in total. The minimum absolute atomic E-state index is 0.00878. The molecule has 1 aliphatic heterocycles. The Morgan fingerprint density at radius 3 is 2.54 bits per heavy atom. The lowest BCUT2D eigenvalue weighted by molar-refractivity contribution is -0.0399. The van der Waals surface area contributed by atoms with Gasteiger partial charge in [0.2, 0.25) is 0 Å². The van der Waals surface area contributed by atoms with Gasteiger partial charge in [0.25, 0.3) is 0 Å². The summed E-state index contributed by atoms with van der Waals surface area (Å²) in [6.07, 6.45) is 4.92. The van der Waals surface area contributed by atoms with E-state index in [9.17, 15) is 5.11 Å². The summed E-state index contributed by atoms with van der Waals surface area (Å²) in [6.45, 7) is 0. The second-order valence-electron chi connectivity index (χ2n) is 7.55. The molecule has 5 rings (SSSR count). The van der Waals surface area contributed by atoms with Crippen molar-refractivity contribution in [3.63, 3.8) is 0 Å². The highest BCUT2D eigenvalue weighted by Gasteiger charge is 2.46. The first-order valence-corrected chi connectivity index (χ1v) is 9.04. The van der Waals surface area contributed by atoms with Gasteiger partial charge in [0, 0.05) is 24.4 Å². The molecule has 2 aliphatic carbocycles. The van der Waals surface area contributed by atoms with Crippen LogP contribution in [0.4, 0.5) is 0 Å². The molecule has 0 bridgehead atoms. The molecule has 1 spiro atoms. The molecule has 3 atom stereocenters. The summed E-state index contributed by atoms with van der Waals surface area (Å²) in [7, 11) is 0. The molecule has 1 fully saturated rings. The lowest BCUT2D eigenvalue weighted by atomic mass is 9.72. The molecular weight excluding hydrogens is 298 g/mol. The van der Waals surface area contributed by atoms with Crippen molar-refractivity contribution >= 4 is 0 Å². The predicted octanol–water partition coefficient (Wildman–Crippen LogP) is 3.68. The molecule has 0 aromatic heterocycles. The molecule has 1 heterocycles. The molecular formula is C21H23NO2. The van der Waals surface area contributed by atoms with E-state index in [0.29, 0.717) is 0 Å². The lowest BCUT2D eigenvalue weighted by Crippen LogP contribution is -2.49. The topological polar surface area (TPSA) is 41.5 Å². The van der Waals surface area contributed by atoms with Gasteiger partial charge in [-0.1, -0.05) is 42.5 Å². The molecule has 0 saturated heterocycles. The Labute approximate surface area is 142 Å². The standard InChI is InChI=1S/C21H23NO2/c23-18-12-14-6-1-2-7-15(14)20(18)22-17-13-21(10-5-11-21)24-19-9-4-3-8-16(17)19/h1-4,6-9,17-18,20,22-23H,5,10-13H2/t17-,18+,20-/m0/s1. The van der Waals surface area contributed by atoms with Gasteiger partial charge in [-0.3, -0.25) is 0 Å². The molecule has 0 radical (unpaired) electrons. The number of para-hydroxylation sites is 1. The van der Waals surface area contributed by atoms with Gasteiger partial charge in [-0.2, -0.15) is 0 Å². The maximum Gasteiger partial charge on any atom is 0.124 e. The summed E-state index contributed by atoms with van der Waals surface area (Å²) in [6, 6.07) is 17.0. The second-order valence-corrected chi connectivity index (χ2v) is 7.55. The van der Waals surface area contributed by atoms with Crippen LogP contribution >= 0.6 is 0 Å². The van der Waals surface area contributed by atoms with Crippen molar-refractivity contribution in [2.24, 2.45) is 0 Å². The first-order chi connectivity index (χ1) is 11.7. The van der Waals surface area contributed by atoms with E-state index in [1.807, 2.05) is 6.07 Å². The Balaban J connectivity index is 1.48. The average molecular weight is 321 g/mol. The first-order valence-electron chi connectivity index (χ1n) is 9.04. The van der Waals surface area contributed by atoms with Gasteiger partial charge < -0.3 is 15.2 Å². The van der Waals surface area contributed by atoms with Crippen molar-refractivity contribution in [1.82, 2.24) is 5.32 Å². The number of rotatable bonds is 2. The van der Waals surface area contributed by atoms with Crippen molar-refractivity contribution in [1.29, 1.82) is 0 Å². The third-order valence-electron chi connectivity index (χ3n) is 6.05. The number of benzene rings is 2. The van der Waals surface area contributed by atoms with Gasteiger partial charge in [0.1, 0.15) is 11.4 Å². The molecule has 3 heteroatoms. The zero-order chi connectivity index (χ0) is 16.1. The van der Waals surface area contributed by atoms with Crippen LogP contribution in [0.2, 0.25) is 0 Å². The summed E-state index contributed by atoms with van der Waals surface area (Å²) in [5.41, 5.74) is 3.75. The number of aliphatic hydroxyl groups is 1. The fraction of sp³-hybridized carbons (Fsp3) is 0.429. The summed E-state index contributed by atoms with van der Waals surface area (Å²) in [5, 5.41) is 14.4. The SMILES string of the molecule is O[C@@H]1Cc2ccccc2[C@@H]1N[C@H]1CC2(CCC2)Oc2ccccc21. The molecule has 0 unspecified atom stereocenters. The van der Waals surface area contributed by atoms with Crippen LogP contribution in [0.3, 0.4) is 0 Å². The van der Waals surface area contributed by atoms with Gasteiger partial charge in [-0.15, -0.1) is 0 Å². The van der Waals surface area contributed by atoms with Crippen molar-refractivity contribution < 1.29 is 9.84 Å². The highest BCUT2D eigenvalue weighted by molar-refractivity contribution is 5.41. The third kappa shape index (κ3) is 2.19. The fourth-order valence-corrected chi connectivity index (χ4v) is 4.64. The summed E-state index contributed by atoms with van der Waals surface area (Å²) in [5.74, 6) is 1.02. The van der Waals surface area contributed by atoms with E-state index in [2.05, 4.69) is 47.8 Å². The number of nitrogens with one attached hydrogen (secondary N) is 1. The Kier molecular flexibility index (Phi) is 3.22. The smallest absolute Gasteiger partial charge is 0.124 e.